The van der Waals surface area contributed by atoms with E-state index in [1.54, 1.807) is 24.3 Å². The Bertz CT molecular complexity index is 662. The Labute approximate surface area is 114 Å². The third-order valence-electron chi connectivity index (χ3n) is 2.66. The molecule has 0 amide bonds. The first-order valence-corrected chi connectivity index (χ1v) is 5.79. The maximum Gasteiger partial charge on any atom is 0.339 e. The first-order valence-electron chi connectivity index (χ1n) is 5.79. The topological polar surface area (TPSA) is 63.6 Å². The zero-order chi connectivity index (χ0) is 14.7. The van der Waals surface area contributed by atoms with Crippen molar-refractivity contribution in [3.8, 4) is 11.5 Å². The first kappa shape index (κ1) is 13.7. The van der Waals surface area contributed by atoms with Crippen LogP contribution in [0.15, 0.2) is 42.5 Å². The lowest BCUT2D eigenvalue weighted by molar-refractivity contribution is 0.0693. The Morgan fingerprint density at radius 3 is 2.30 bits per heavy atom. The van der Waals surface area contributed by atoms with Gasteiger partial charge in [0, 0.05) is 5.56 Å². The molecule has 2 aromatic carbocycles. The van der Waals surface area contributed by atoms with E-state index in [4.69, 9.17) is 9.84 Å². The normalized spacial score (nSPS) is 10.1. The molecule has 0 fully saturated rings. The zero-order valence-corrected chi connectivity index (χ0v) is 10.6. The highest BCUT2D eigenvalue weighted by molar-refractivity contribution is 5.94. The molecular formula is C15H11FO4. The standard InChI is InChI=1S/C15H11FO4/c1-9(17)10-2-5-12(6-3-10)20-14-7-4-11(16)8-13(14)15(18)19/h2-8H,1H3,(H,18,19). The van der Waals surface area contributed by atoms with Crippen molar-refractivity contribution in [3.63, 3.8) is 0 Å². The molecule has 0 aliphatic carbocycles. The number of hydrogen-bond donors (Lipinski definition) is 1. The molecule has 0 heterocycles. The van der Waals surface area contributed by atoms with Gasteiger partial charge in [0.25, 0.3) is 0 Å². The van der Waals surface area contributed by atoms with Crippen LogP contribution >= 0.6 is 0 Å². The van der Waals surface area contributed by atoms with Gasteiger partial charge in [0.05, 0.1) is 0 Å². The summed E-state index contributed by atoms with van der Waals surface area (Å²) in [6.07, 6.45) is 0. The second-order valence-electron chi connectivity index (χ2n) is 4.13. The van der Waals surface area contributed by atoms with E-state index in [1.807, 2.05) is 0 Å². The Balaban J connectivity index is 2.30. The maximum atomic E-state index is 13.0. The third-order valence-corrected chi connectivity index (χ3v) is 2.66. The van der Waals surface area contributed by atoms with Gasteiger partial charge in [-0.1, -0.05) is 0 Å². The summed E-state index contributed by atoms with van der Waals surface area (Å²) in [5.41, 5.74) is 0.260. The van der Waals surface area contributed by atoms with Gasteiger partial charge in [0.1, 0.15) is 22.9 Å². The van der Waals surface area contributed by atoms with Crippen molar-refractivity contribution in [2.45, 2.75) is 6.92 Å². The van der Waals surface area contributed by atoms with Gasteiger partial charge in [0.15, 0.2) is 5.78 Å². The number of carbonyl (C=O) groups is 2. The van der Waals surface area contributed by atoms with Crippen LogP contribution < -0.4 is 4.74 Å². The minimum atomic E-state index is -1.28. The van der Waals surface area contributed by atoms with Gasteiger partial charge in [0.2, 0.25) is 0 Å². The third kappa shape index (κ3) is 3.00. The Morgan fingerprint density at radius 2 is 1.75 bits per heavy atom. The number of carboxylic acid groups (broad SMARTS) is 1. The fourth-order valence-electron chi connectivity index (χ4n) is 1.64. The van der Waals surface area contributed by atoms with E-state index in [0.717, 1.165) is 12.1 Å². The van der Waals surface area contributed by atoms with Gasteiger partial charge < -0.3 is 9.84 Å². The summed E-state index contributed by atoms with van der Waals surface area (Å²) in [5, 5.41) is 8.99. The van der Waals surface area contributed by atoms with Crippen molar-refractivity contribution in [2.24, 2.45) is 0 Å². The Morgan fingerprint density at radius 1 is 1.10 bits per heavy atom. The number of carboxylic acids is 1. The molecule has 2 rings (SSSR count). The van der Waals surface area contributed by atoms with E-state index < -0.39 is 11.8 Å². The average molecular weight is 274 g/mol. The zero-order valence-electron chi connectivity index (χ0n) is 10.6. The molecule has 0 unspecified atom stereocenters. The van der Waals surface area contributed by atoms with Crippen molar-refractivity contribution in [2.75, 3.05) is 0 Å². The average Bonchev–Trinajstić information content (AvgIpc) is 2.41. The molecule has 2 aromatic rings. The Kier molecular flexibility index (Phi) is 3.79. The van der Waals surface area contributed by atoms with Gasteiger partial charge in [-0.15, -0.1) is 0 Å². The van der Waals surface area contributed by atoms with Crippen LogP contribution in [0.2, 0.25) is 0 Å². The van der Waals surface area contributed by atoms with Gasteiger partial charge in [-0.05, 0) is 49.4 Å². The molecule has 0 bridgehead atoms. The van der Waals surface area contributed by atoms with E-state index in [0.29, 0.717) is 11.3 Å². The highest BCUT2D eigenvalue weighted by atomic mass is 19.1. The molecule has 5 heteroatoms. The number of carbonyl (C=O) groups excluding carboxylic acids is 1. The summed E-state index contributed by atoms with van der Waals surface area (Å²) in [5.74, 6) is -1.61. The number of rotatable bonds is 4. The largest absolute Gasteiger partial charge is 0.478 e. The summed E-state index contributed by atoms with van der Waals surface area (Å²) in [4.78, 5) is 22.2. The predicted molar refractivity (Wildman–Crippen MR) is 69.9 cm³/mol. The highest BCUT2D eigenvalue weighted by Gasteiger charge is 2.13. The number of aromatic carboxylic acids is 1. The van der Waals surface area contributed by atoms with E-state index in [9.17, 15) is 14.0 Å². The molecule has 102 valence electrons. The maximum absolute atomic E-state index is 13.0. The number of ether oxygens (including phenoxy) is 1. The number of hydrogen-bond acceptors (Lipinski definition) is 3. The molecule has 0 aromatic heterocycles. The van der Waals surface area contributed by atoms with Crippen LogP contribution in [-0.4, -0.2) is 16.9 Å². The molecule has 0 aliphatic rings. The number of halogens is 1. The molecule has 20 heavy (non-hydrogen) atoms. The van der Waals surface area contributed by atoms with Crippen molar-refractivity contribution in [1.29, 1.82) is 0 Å². The molecule has 4 nitrogen and oxygen atoms in total. The van der Waals surface area contributed by atoms with E-state index >= 15 is 0 Å². The van der Waals surface area contributed by atoms with Crippen molar-refractivity contribution >= 4 is 11.8 Å². The smallest absolute Gasteiger partial charge is 0.339 e. The minimum Gasteiger partial charge on any atom is -0.478 e. The van der Waals surface area contributed by atoms with Crippen LogP contribution in [0.25, 0.3) is 0 Å². The summed E-state index contributed by atoms with van der Waals surface area (Å²) in [6, 6.07) is 9.49. The first-order chi connectivity index (χ1) is 9.47. The van der Waals surface area contributed by atoms with E-state index in [1.165, 1.54) is 13.0 Å². The molecule has 0 saturated heterocycles. The lowest BCUT2D eigenvalue weighted by atomic mass is 10.1. The Hall–Kier alpha value is -2.69. The molecule has 0 radical (unpaired) electrons. The molecule has 1 N–H and O–H groups in total. The van der Waals surface area contributed by atoms with Gasteiger partial charge in [-0.25, -0.2) is 9.18 Å². The highest BCUT2D eigenvalue weighted by Crippen LogP contribution is 2.26. The van der Waals surface area contributed by atoms with Gasteiger partial charge in [-0.2, -0.15) is 0 Å². The van der Waals surface area contributed by atoms with E-state index in [2.05, 4.69) is 0 Å². The molecule has 0 atom stereocenters. The molecular weight excluding hydrogens is 263 g/mol. The van der Waals surface area contributed by atoms with Crippen LogP contribution in [-0.2, 0) is 0 Å². The van der Waals surface area contributed by atoms with Gasteiger partial charge >= 0.3 is 5.97 Å². The summed E-state index contributed by atoms with van der Waals surface area (Å²) in [7, 11) is 0. The molecule has 0 aliphatic heterocycles. The number of ketones is 1. The molecule has 0 saturated carbocycles. The lowest BCUT2D eigenvalue weighted by Gasteiger charge is -2.09. The van der Waals surface area contributed by atoms with Gasteiger partial charge in [-0.3, -0.25) is 4.79 Å². The number of Topliss-reactive ketones (excluding diaryl/α,β-unsaturated/α-hetero) is 1. The van der Waals surface area contributed by atoms with Crippen LogP contribution in [0, 0.1) is 5.82 Å². The van der Waals surface area contributed by atoms with Crippen molar-refractivity contribution in [3.05, 3.63) is 59.4 Å². The van der Waals surface area contributed by atoms with Crippen LogP contribution in [0.5, 0.6) is 11.5 Å². The summed E-state index contributed by atoms with van der Waals surface area (Å²) >= 11 is 0. The monoisotopic (exact) mass is 274 g/mol. The minimum absolute atomic E-state index is 0.0366. The fourth-order valence-corrected chi connectivity index (χ4v) is 1.64. The van der Waals surface area contributed by atoms with Crippen molar-refractivity contribution < 1.29 is 23.8 Å². The van der Waals surface area contributed by atoms with Crippen LogP contribution in [0.1, 0.15) is 27.6 Å². The predicted octanol–water partition coefficient (Wildman–Crippen LogP) is 3.52. The quantitative estimate of drug-likeness (QED) is 0.866. The van der Waals surface area contributed by atoms with Crippen molar-refractivity contribution in [1.82, 2.24) is 0 Å². The SMILES string of the molecule is CC(=O)c1ccc(Oc2ccc(F)cc2C(=O)O)cc1. The van der Waals surface area contributed by atoms with E-state index in [-0.39, 0.29) is 17.1 Å². The summed E-state index contributed by atoms with van der Waals surface area (Å²) in [6.45, 7) is 1.44. The second-order valence-corrected chi connectivity index (χ2v) is 4.13. The summed E-state index contributed by atoms with van der Waals surface area (Å²) < 4.78 is 18.4. The molecule has 0 spiro atoms. The van der Waals surface area contributed by atoms with Crippen LogP contribution in [0.4, 0.5) is 4.39 Å². The fraction of sp³-hybridized carbons (Fsp3) is 0.0667. The van der Waals surface area contributed by atoms with Crippen LogP contribution in [0.3, 0.4) is 0 Å². The number of benzene rings is 2. The second kappa shape index (κ2) is 5.52. The lowest BCUT2D eigenvalue weighted by Crippen LogP contribution is -2.01.